The second kappa shape index (κ2) is 8.54. The highest BCUT2D eigenvalue weighted by molar-refractivity contribution is 6.04. The lowest BCUT2D eigenvalue weighted by Crippen LogP contribution is -2.22. The van der Waals surface area contributed by atoms with E-state index in [-0.39, 0.29) is 17.1 Å². The van der Waals surface area contributed by atoms with E-state index in [4.69, 9.17) is 0 Å². The van der Waals surface area contributed by atoms with Gasteiger partial charge in [0, 0.05) is 5.69 Å². The molecular formula is C20H17F4N5O2. The zero-order valence-corrected chi connectivity index (χ0v) is 16.4. The third kappa shape index (κ3) is 5.05. The van der Waals surface area contributed by atoms with E-state index in [9.17, 15) is 27.2 Å². The Morgan fingerprint density at radius 3 is 2.45 bits per heavy atom. The molecule has 0 bridgehead atoms. The number of halogens is 4. The lowest BCUT2D eigenvalue weighted by molar-refractivity contribution is -0.137. The van der Waals surface area contributed by atoms with Crippen LogP contribution in [0.2, 0.25) is 0 Å². The summed E-state index contributed by atoms with van der Waals surface area (Å²) in [6, 6.07) is 8.47. The quantitative estimate of drug-likeness (QED) is 0.594. The fourth-order valence-electron chi connectivity index (χ4n) is 2.80. The fourth-order valence-corrected chi connectivity index (χ4v) is 2.80. The number of amides is 2. The van der Waals surface area contributed by atoms with Crippen molar-refractivity contribution >= 4 is 23.2 Å². The Labute approximate surface area is 174 Å². The Morgan fingerprint density at radius 2 is 1.74 bits per heavy atom. The molecule has 2 N–H and O–H groups in total. The average Bonchev–Trinajstić information content (AvgIpc) is 3.04. The molecule has 0 aliphatic rings. The summed E-state index contributed by atoms with van der Waals surface area (Å²) in [6.45, 7) is 2.70. The van der Waals surface area contributed by atoms with Gasteiger partial charge in [-0.05, 0) is 43.7 Å². The van der Waals surface area contributed by atoms with Crippen molar-refractivity contribution in [3.8, 4) is 0 Å². The molecule has 3 aromatic rings. The van der Waals surface area contributed by atoms with Gasteiger partial charge in [0.2, 0.25) is 5.91 Å². The van der Waals surface area contributed by atoms with Gasteiger partial charge in [-0.25, -0.2) is 9.07 Å². The van der Waals surface area contributed by atoms with Crippen molar-refractivity contribution in [2.45, 2.75) is 26.6 Å². The molecule has 1 heterocycles. The molecule has 2 aromatic carbocycles. The first kappa shape index (κ1) is 21.9. The number of anilines is 2. The monoisotopic (exact) mass is 435 g/mol. The topological polar surface area (TPSA) is 88.9 Å². The average molecular weight is 435 g/mol. The van der Waals surface area contributed by atoms with Crippen LogP contribution in [0.3, 0.4) is 0 Å². The van der Waals surface area contributed by atoms with Gasteiger partial charge in [-0.1, -0.05) is 23.4 Å². The van der Waals surface area contributed by atoms with E-state index in [0.717, 1.165) is 22.9 Å². The van der Waals surface area contributed by atoms with Gasteiger partial charge in [-0.3, -0.25) is 9.59 Å². The Hall–Kier alpha value is -3.76. The molecule has 3 rings (SSSR count). The largest absolute Gasteiger partial charge is 0.418 e. The number of hydrogen-bond acceptors (Lipinski definition) is 4. The SMILES string of the molecule is Cc1ccc(F)cc1NC(=O)c1nnn(CC(=O)Nc2ccccc2C(F)(F)F)c1C. The van der Waals surface area contributed by atoms with Crippen molar-refractivity contribution in [1.29, 1.82) is 0 Å². The van der Waals surface area contributed by atoms with Crippen LogP contribution in [0.1, 0.15) is 27.3 Å². The Bertz CT molecular complexity index is 1140. The number of carbonyl (C=O) groups is 2. The molecule has 0 unspecified atom stereocenters. The van der Waals surface area contributed by atoms with E-state index in [2.05, 4.69) is 20.9 Å². The van der Waals surface area contributed by atoms with Crippen LogP contribution in [0.25, 0.3) is 0 Å². The summed E-state index contributed by atoms with van der Waals surface area (Å²) in [6.07, 6.45) is -4.63. The molecule has 0 aliphatic heterocycles. The minimum atomic E-state index is -4.63. The zero-order valence-electron chi connectivity index (χ0n) is 16.4. The predicted molar refractivity (Wildman–Crippen MR) is 104 cm³/mol. The summed E-state index contributed by atoms with van der Waals surface area (Å²) < 4.78 is 53.7. The number of nitrogens with zero attached hydrogens (tertiary/aromatic N) is 3. The zero-order chi connectivity index (χ0) is 22.8. The molecule has 0 saturated heterocycles. The van der Waals surface area contributed by atoms with E-state index >= 15 is 0 Å². The van der Waals surface area contributed by atoms with Gasteiger partial charge in [-0.15, -0.1) is 5.10 Å². The molecule has 0 saturated carbocycles. The van der Waals surface area contributed by atoms with Crippen LogP contribution in [-0.4, -0.2) is 26.8 Å². The minimum absolute atomic E-state index is 0.104. The van der Waals surface area contributed by atoms with E-state index in [1.54, 1.807) is 6.92 Å². The van der Waals surface area contributed by atoms with Crippen LogP contribution in [-0.2, 0) is 17.5 Å². The van der Waals surface area contributed by atoms with Crippen LogP contribution >= 0.6 is 0 Å². The van der Waals surface area contributed by atoms with Crippen LogP contribution in [0.4, 0.5) is 28.9 Å². The number of rotatable bonds is 5. The van der Waals surface area contributed by atoms with Crippen LogP contribution in [0.5, 0.6) is 0 Å². The number of benzene rings is 2. The van der Waals surface area contributed by atoms with E-state index in [0.29, 0.717) is 5.56 Å². The first-order valence-electron chi connectivity index (χ1n) is 9.00. The molecule has 0 atom stereocenters. The fraction of sp³-hybridized carbons (Fsp3) is 0.200. The highest BCUT2D eigenvalue weighted by Crippen LogP contribution is 2.34. The van der Waals surface area contributed by atoms with Crippen molar-refractivity contribution in [1.82, 2.24) is 15.0 Å². The summed E-state index contributed by atoms with van der Waals surface area (Å²) in [5.74, 6) is -1.98. The number of aryl methyl sites for hydroxylation is 1. The summed E-state index contributed by atoms with van der Waals surface area (Å²) in [4.78, 5) is 24.7. The van der Waals surface area contributed by atoms with Gasteiger partial charge in [0.05, 0.1) is 16.9 Å². The van der Waals surface area contributed by atoms with Crippen LogP contribution in [0.15, 0.2) is 42.5 Å². The maximum absolute atomic E-state index is 13.4. The Balaban J connectivity index is 1.73. The van der Waals surface area contributed by atoms with Crippen molar-refractivity contribution in [2.24, 2.45) is 0 Å². The van der Waals surface area contributed by atoms with Crippen molar-refractivity contribution in [3.05, 3.63) is 70.8 Å². The molecule has 2 amide bonds. The number of aromatic nitrogens is 3. The molecule has 0 radical (unpaired) electrons. The smallest absolute Gasteiger partial charge is 0.324 e. The van der Waals surface area contributed by atoms with Gasteiger partial charge < -0.3 is 10.6 Å². The first-order chi connectivity index (χ1) is 14.6. The molecule has 0 fully saturated rings. The van der Waals surface area contributed by atoms with Gasteiger partial charge in [0.15, 0.2) is 5.69 Å². The lowest BCUT2D eigenvalue weighted by Gasteiger charge is -2.13. The van der Waals surface area contributed by atoms with Gasteiger partial charge in [0.1, 0.15) is 12.4 Å². The molecule has 1 aromatic heterocycles. The molecule has 0 spiro atoms. The summed E-state index contributed by atoms with van der Waals surface area (Å²) >= 11 is 0. The molecule has 7 nitrogen and oxygen atoms in total. The van der Waals surface area contributed by atoms with Crippen molar-refractivity contribution in [2.75, 3.05) is 10.6 Å². The number of nitrogens with one attached hydrogen (secondary N) is 2. The third-order valence-corrected chi connectivity index (χ3v) is 4.45. The highest BCUT2D eigenvalue weighted by atomic mass is 19.4. The van der Waals surface area contributed by atoms with Gasteiger partial charge in [0.25, 0.3) is 5.91 Å². The van der Waals surface area contributed by atoms with Crippen LogP contribution in [0, 0.1) is 19.7 Å². The summed E-state index contributed by atoms with van der Waals surface area (Å²) in [7, 11) is 0. The van der Waals surface area contributed by atoms with Crippen LogP contribution < -0.4 is 10.6 Å². The Morgan fingerprint density at radius 1 is 1.03 bits per heavy atom. The second-order valence-electron chi connectivity index (χ2n) is 6.69. The number of para-hydroxylation sites is 1. The second-order valence-corrected chi connectivity index (χ2v) is 6.69. The van der Waals surface area contributed by atoms with E-state index in [1.807, 2.05) is 0 Å². The normalized spacial score (nSPS) is 11.3. The maximum Gasteiger partial charge on any atom is 0.418 e. The van der Waals surface area contributed by atoms with Crippen molar-refractivity contribution < 1.29 is 27.2 Å². The highest BCUT2D eigenvalue weighted by Gasteiger charge is 2.33. The molecule has 11 heteroatoms. The molecule has 31 heavy (non-hydrogen) atoms. The number of alkyl halides is 3. The summed E-state index contributed by atoms with van der Waals surface area (Å²) in [5.41, 5.74) is -0.387. The van der Waals surface area contributed by atoms with E-state index < -0.39 is 41.6 Å². The number of carbonyl (C=O) groups excluding carboxylic acids is 2. The minimum Gasteiger partial charge on any atom is -0.324 e. The van der Waals surface area contributed by atoms with E-state index in [1.165, 1.54) is 31.2 Å². The molecular weight excluding hydrogens is 418 g/mol. The predicted octanol–water partition coefficient (Wildman–Crippen LogP) is 3.94. The molecule has 0 aliphatic carbocycles. The summed E-state index contributed by atoms with van der Waals surface area (Å²) in [5, 5.41) is 12.2. The maximum atomic E-state index is 13.4. The Kier molecular flexibility index (Phi) is 6.04. The molecule has 162 valence electrons. The lowest BCUT2D eigenvalue weighted by atomic mass is 10.1. The number of hydrogen-bond donors (Lipinski definition) is 2. The first-order valence-corrected chi connectivity index (χ1v) is 9.00. The third-order valence-electron chi connectivity index (χ3n) is 4.45. The standard InChI is InChI=1S/C20H17F4N5O2/c1-11-7-8-13(21)9-16(11)26-19(31)18-12(2)29(28-27-18)10-17(30)25-15-6-4-3-5-14(15)20(22,23)24/h3-9H,10H2,1-2H3,(H,25,30)(H,26,31). The van der Waals surface area contributed by atoms with Gasteiger partial charge >= 0.3 is 6.18 Å². The van der Waals surface area contributed by atoms with Crippen molar-refractivity contribution in [3.63, 3.8) is 0 Å². The van der Waals surface area contributed by atoms with Gasteiger partial charge in [-0.2, -0.15) is 13.2 Å².